The highest BCUT2D eigenvalue weighted by Gasteiger charge is 2.07. The molecule has 86 valence electrons. The number of Topliss-reactive ketones (excluding diaryl/α,β-unsaturated/α-hetero) is 1. The lowest BCUT2D eigenvalue weighted by Gasteiger charge is -2.04. The minimum Gasteiger partial charge on any atom is -0.294 e. The molecular formula is C14H12FNO. The molecule has 1 aromatic carbocycles. The number of carbonyl (C=O) groups is 1. The average Bonchev–Trinajstić information content (AvgIpc) is 2.29. The van der Waals surface area contributed by atoms with Crippen LogP contribution in [0.3, 0.4) is 0 Å². The molecule has 1 aromatic heterocycles. The first kappa shape index (κ1) is 11.5. The van der Waals surface area contributed by atoms with E-state index in [4.69, 9.17) is 0 Å². The van der Waals surface area contributed by atoms with Crippen LogP contribution in [0.4, 0.5) is 4.39 Å². The molecule has 0 aliphatic carbocycles. The van der Waals surface area contributed by atoms with Crippen molar-refractivity contribution < 1.29 is 9.18 Å². The maximum atomic E-state index is 13.7. The van der Waals surface area contributed by atoms with E-state index in [-0.39, 0.29) is 11.6 Å². The zero-order valence-corrected chi connectivity index (χ0v) is 9.70. The van der Waals surface area contributed by atoms with Gasteiger partial charge >= 0.3 is 0 Å². The van der Waals surface area contributed by atoms with Crippen molar-refractivity contribution in [3.8, 4) is 11.3 Å². The van der Waals surface area contributed by atoms with Crippen LogP contribution in [0.25, 0.3) is 11.3 Å². The fourth-order valence-electron chi connectivity index (χ4n) is 1.59. The standard InChI is InChI=1S/C14H12FNO/c1-9-3-5-12(13(15)7-9)14-6-4-11(8-16-14)10(2)17/h3-8H,1-2H3. The van der Waals surface area contributed by atoms with Crippen LogP contribution in [0.2, 0.25) is 0 Å². The maximum Gasteiger partial charge on any atom is 0.161 e. The summed E-state index contributed by atoms with van der Waals surface area (Å²) in [5, 5.41) is 0. The Kier molecular flexibility index (Phi) is 3.00. The summed E-state index contributed by atoms with van der Waals surface area (Å²) in [4.78, 5) is 15.2. The number of nitrogens with zero attached hydrogens (tertiary/aromatic N) is 1. The number of aryl methyl sites for hydroxylation is 1. The smallest absolute Gasteiger partial charge is 0.161 e. The molecule has 0 amide bonds. The fourth-order valence-corrected chi connectivity index (χ4v) is 1.59. The summed E-state index contributed by atoms with van der Waals surface area (Å²) in [5.41, 5.74) is 2.38. The number of rotatable bonds is 2. The Hall–Kier alpha value is -2.03. The third-order valence-electron chi connectivity index (χ3n) is 2.57. The van der Waals surface area contributed by atoms with Gasteiger partial charge in [0.05, 0.1) is 5.69 Å². The quantitative estimate of drug-likeness (QED) is 0.739. The molecule has 0 aliphatic rings. The van der Waals surface area contributed by atoms with Gasteiger partial charge in [0.25, 0.3) is 0 Å². The summed E-state index contributed by atoms with van der Waals surface area (Å²) in [6, 6.07) is 8.31. The Morgan fingerprint density at radius 1 is 1.24 bits per heavy atom. The number of carbonyl (C=O) groups excluding carboxylic acids is 1. The number of aromatic nitrogens is 1. The van der Waals surface area contributed by atoms with Gasteiger partial charge in [0.2, 0.25) is 0 Å². The molecule has 0 fully saturated rings. The molecule has 17 heavy (non-hydrogen) atoms. The first-order valence-electron chi connectivity index (χ1n) is 5.31. The maximum absolute atomic E-state index is 13.7. The summed E-state index contributed by atoms with van der Waals surface area (Å²) < 4.78 is 13.7. The van der Waals surface area contributed by atoms with Crippen LogP contribution in [0.15, 0.2) is 36.5 Å². The Balaban J connectivity index is 2.43. The Morgan fingerprint density at radius 3 is 2.53 bits per heavy atom. The van der Waals surface area contributed by atoms with Crippen LogP contribution in [0.1, 0.15) is 22.8 Å². The summed E-state index contributed by atoms with van der Waals surface area (Å²) >= 11 is 0. The summed E-state index contributed by atoms with van der Waals surface area (Å²) in [6.45, 7) is 3.31. The number of pyridine rings is 1. The fraction of sp³-hybridized carbons (Fsp3) is 0.143. The largest absolute Gasteiger partial charge is 0.294 e. The van der Waals surface area contributed by atoms with Crippen LogP contribution in [-0.2, 0) is 0 Å². The minimum absolute atomic E-state index is 0.0478. The number of ketones is 1. The van der Waals surface area contributed by atoms with Gasteiger partial charge < -0.3 is 0 Å². The van der Waals surface area contributed by atoms with Crippen molar-refractivity contribution in [2.75, 3.05) is 0 Å². The molecule has 0 atom stereocenters. The monoisotopic (exact) mass is 229 g/mol. The predicted molar refractivity (Wildman–Crippen MR) is 64.4 cm³/mol. The summed E-state index contributed by atoms with van der Waals surface area (Å²) in [6.07, 6.45) is 1.47. The van der Waals surface area contributed by atoms with Crippen molar-refractivity contribution in [2.24, 2.45) is 0 Å². The van der Waals surface area contributed by atoms with Gasteiger partial charge in [0.1, 0.15) is 5.82 Å². The molecule has 0 N–H and O–H groups in total. The molecule has 2 rings (SSSR count). The Labute approximate surface area is 99.1 Å². The lowest BCUT2D eigenvalue weighted by Crippen LogP contribution is -1.95. The predicted octanol–water partition coefficient (Wildman–Crippen LogP) is 3.40. The summed E-state index contributed by atoms with van der Waals surface area (Å²) in [7, 11) is 0. The third-order valence-corrected chi connectivity index (χ3v) is 2.57. The third kappa shape index (κ3) is 2.38. The van der Waals surface area contributed by atoms with Gasteiger partial charge in [-0.3, -0.25) is 9.78 Å². The zero-order valence-electron chi connectivity index (χ0n) is 9.70. The summed E-state index contributed by atoms with van der Waals surface area (Å²) in [5.74, 6) is -0.346. The molecule has 0 saturated heterocycles. The SMILES string of the molecule is CC(=O)c1ccc(-c2ccc(C)cc2F)nc1. The van der Waals surface area contributed by atoms with Crippen LogP contribution in [-0.4, -0.2) is 10.8 Å². The number of hydrogen-bond donors (Lipinski definition) is 0. The van der Waals surface area contributed by atoms with Crippen molar-refractivity contribution in [2.45, 2.75) is 13.8 Å². The molecular weight excluding hydrogens is 217 g/mol. The first-order valence-corrected chi connectivity index (χ1v) is 5.31. The lowest BCUT2D eigenvalue weighted by molar-refractivity contribution is 0.101. The van der Waals surface area contributed by atoms with Crippen LogP contribution < -0.4 is 0 Å². The van der Waals surface area contributed by atoms with E-state index in [1.54, 1.807) is 18.2 Å². The van der Waals surface area contributed by atoms with Crippen molar-refractivity contribution in [1.82, 2.24) is 4.98 Å². The molecule has 0 aliphatic heterocycles. The number of benzene rings is 1. The van der Waals surface area contributed by atoms with E-state index in [9.17, 15) is 9.18 Å². The molecule has 0 saturated carbocycles. The van der Waals surface area contributed by atoms with E-state index >= 15 is 0 Å². The molecule has 3 heteroatoms. The van der Waals surface area contributed by atoms with Gasteiger partial charge in [0, 0.05) is 17.3 Å². The van der Waals surface area contributed by atoms with E-state index < -0.39 is 0 Å². The van der Waals surface area contributed by atoms with Gasteiger partial charge in [0.15, 0.2) is 5.78 Å². The Morgan fingerprint density at radius 2 is 2.00 bits per heavy atom. The zero-order chi connectivity index (χ0) is 12.4. The van der Waals surface area contributed by atoms with E-state index in [2.05, 4.69) is 4.98 Å². The topological polar surface area (TPSA) is 30.0 Å². The van der Waals surface area contributed by atoms with Crippen molar-refractivity contribution in [3.05, 3.63) is 53.5 Å². The lowest BCUT2D eigenvalue weighted by atomic mass is 10.1. The highest BCUT2D eigenvalue weighted by atomic mass is 19.1. The van der Waals surface area contributed by atoms with Crippen molar-refractivity contribution in [3.63, 3.8) is 0 Å². The van der Waals surface area contributed by atoms with Gasteiger partial charge in [-0.2, -0.15) is 0 Å². The van der Waals surface area contributed by atoms with E-state index in [0.29, 0.717) is 16.8 Å². The molecule has 0 unspecified atom stereocenters. The molecule has 2 aromatic rings. The first-order chi connectivity index (χ1) is 8.08. The highest BCUT2D eigenvalue weighted by molar-refractivity contribution is 5.93. The second-order valence-corrected chi connectivity index (χ2v) is 3.97. The number of halogens is 1. The van der Waals surface area contributed by atoms with Gasteiger partial charge in [-0.25, -0.2) is 4.39 Å². The molecule has 0 radical (unpaired) electrons. The van der Waals surface area contributed by atoms with Crippen LogP contribution in [0.5, 0.6) is 0 Å². The van der Waals surface area contributed by atoms with Crippen LogP contribution in [0, 0.1) is 12.7 Å². The van der Waals surface area contributed by atoms with Crippen molar-refractivity contribution in [1.29, 1.82) is 0 Å². The van der Waals surface area contributed by atoms with Gasteiger partial charge in [-0.15, -0.1) is 0 Å². The minimum atomic E-state index is -0.298. The molecule has 2 nitrogen and oxygen atoms in total. The Bertz CT molecular complexity index is 561. The number of hydrogen-bond acceptors (Lipinski definition) is 2. The van der Waals surface area contributed by atoms with E-state index in [1.807, 2.05) is 13.0 Å². The normalized spacial score (nSPS) is 10.3. The molecule has 0 bridgehead atoms. The second kappa shape index (κ2) is 4.45. The van der Waals surface area contributed by atoms with Crippen molar-refractivity contribution >= 4 is 5.78 Å². The van der Waals surface area contributed by atoms with Gasteiger partial charge in [-0.05, 0) is 43.7 Å². The second-order valence-electron chi connectivity index (χ2n) is 3.97. The molecule has 0 spiro atoms. The molecule has 1 heterocycles. The van der Waals surface area contributed by atoms with E-state index in [0.717, 1.165) is 5.56 Å². The van der Waals surface area contributed by atoms with E-state index in [1.165, 1.54) is 19.2 Å². The van der Waals surface area contributed by atoms with Crippen LogP contribution >= 0.6 is 0 Å². The van der Waals surface area contributed by atoms with Gasteiger partial charge in [-0.1, -0.05) is 6.07 Å². The highest BCUT2D eigenvalue weighted by Crippen LogP contribution is 2.21. The average molecular weight is 229 g/mol.